The van der Waals surface area contributed by atoms with Crippen LogP contribution in [0.25, 0.3) is 44.2 Å². The highest BCUT2D eigenvalue weighted by Gasteiger charge is 2.35. The third kappa shape index (κ3) is 4.63. The van der Waals surface area contributed by atoms with Crippen molar-refractivity contribution in [2.75, 3.05) is 13.1 Å². The molecule has 2 aromatic heterocycles. The number of hydrogen-bond donors (Lipinski definition) is 3. The summed E-state index contributed by atoms with van der Waals surface area (Å²) >= 11 is 0. The highest BCUT2D eigenvalue weighted by molar-refractivity contribution is 6.07. The summed E-state index contributed by atoms with van der Waals surface area (Å²) in [5, 5.41) is 5.80. The number of ether oxygens (including phenoxy) is 2. The van der Waals surface area contributed by atoms with Crippen LogP contribution in [-0.4, -0.2) is 49.6 Å². The molecule has 0 radical (unpaired) electrons. The summed E-state index contributed by atoms with van der Waals surface area (Å²) in [6.45, 7) is 7.88. The largest absolute Gasteiger partial charge is 0.488 e. The van der Waals surface area contributed by atoms with Crippen LogP contribution in [0.1, 0.15) is 75.8 Å². The smallest absolute Gasteiger partial charge is 0.410 e. The Morgan fingerprint density at radius 3 is 2.77 bits per heavy atom. The van der Waals surface area contributed by atoms with Gasteiger partial charge in [0, 0.05) is 17.5 Å². The van der Waals surface area contributed by atoms with Crippen LogP contribution in [0.5, 0.6) is 5.75 Å². The third-order valence-electron chi connectivity index (χ3n) is 8.86. The van der Waals surface area contributed by atoms with Crippen molar-refractivity contribution in [1.82, 2.24) is 30.2 Å². The molecule has 2 fully saturated rings. The molecule has 8 rings (SSSR count). The zero-order chi connectivity index (χ0) is 29.3. The van der Waals surface area contributed by atoms with Gasteiger partial charge in [-0.2, -0.15) is 0 Å². The van der Waals surface area contributed by atoms with Crippen molar-refractivity contribution in [3.05, 3.63) is 65.9 Å². The number of fused-ring (bicyclic) bond motifs is 6. The van der Waals surface area contributed by atoms with E-state index in [0.29, 0.717) is 19.2 Å². The van der Waals surface area contributed by atoms with E-state index in [1.54, 1.807) is 4.90 Å². The fourth-order valence-corrected chi connectivity index (χ4v) is 6.80. The summed E-state index contributed by atoms with van der Waals surface area (Å²) < 4.78 is 12.0. The zero-order valence-corrected chi connectivity index (χ0v) is 24.8. The number of carbonyl (C=O) groups excluding carboxylic acids is 1. The molecule has 2 atom stereocenters. The molecule has 1 amide bonds. The Hall–Kier alpha value is -4.37. The Balaban J connectivity index is 1.08. The zero-order valence-electron chi connectivity index (χ0n) is 24.8. The second kappa shape index (κ2) is 9.84. The molecule has 2 saturated heterocycles. The summed E-state index contributed by atoms with van der Waals surface area (Å²) in [7, 11) is 0. The van der Waals surface area contributed by atoms with Gasteiger partial charge < -0.3 is 24.8 Å². The maximum atomic E-state index is 12.8. The van der Waals surface area contributed by atoms with Gasteiger partial charge in [0.05, 0.1) is 35.0 Å². The Bertz CT molecular complexity index is 1880. The van der Waals surface area contributed by atoms with Gasteiger partial charge in [-0.3, -0.25) is 4.90 Å². The van der Waals surface area contributed by atoms with Gasteiger partial charge in [-0.05, 0) is 99.3 Å². The lowest BCUT2D eigenvalue weighted by Crippen LogP contribution is -2.36. The molecule has 3 aliphatic heterocycles. The standard InChI is InChI=1S/C34H36N6O3/c1-34(2,3)43-33(41)40-13-5-7-28(40)32-36-17-27(38-32)20-8-10-22-21(14-20)18-42-29-16-23-19(15-24(22)29)9-11-25-30(23)39-31(37-25)26-6-4-12-35-26/h8-11,14-17,26,28,35H,4-7,12-13,18H2,1-3H3,(H,36,38)(H,37,39)/t26-,28-/m0/s1. The molecular formula is C34H36N6O3. The maximum Gasteiger partial charge on any atom is 0.410 e. The van der Waals surface area contributed by atoms with Crippen molar-refractivity contribution in [2.24, 2.45) is 0 Å². The van der Waals surface area contributed by atoms with E-state index in [-0.39, 0.29) is 12.1 Å². The molecule has 3 N–H and O–H groups in total. The van der Waals surface area contributed by atoms with Gasteiger partial charge in [-0.15, -0.1) is 0 Å². The number of likely N-dealkylation sites (tertiary alicyclic amines) is 1. The van der Waals surface area contributed by atoms with Crippen LogP contribution in [0.3, 0.4) is 0 Å². The minimum absolute atomic E-state index is 0.115. The Kier molecular flexibility index (Phi) is 6.01. The lowest BCUT2D eigenvalue weighted by molar-refractivity contribution is 0.0218. The average molecular weight is 577 g/mol. The second-order valence-electron chi connectivity index (χ2n) is 13.0. The predicted octanol–water partition coefficient (Wildman–Crippen LogP) is 7.16. The number of nitrogens with one attached hydrogen (secondary N) is 3. The molecule has 3 aliphatic rings. The molecule has 3 aromatic carbocycles. The van der Waals surface area contributed by atoms with Gasteiger partial charge in [0.1, 0.15) is 29.6 Å². The number of rotatable bonds is 3. The van der Waals surface area contributed by atoms with Crippen molar-refractivity contribution in [2.45, 2.75) is 70.7 Å². The van der Waals surface area contributed by atoms with Crippen molar-refractivity contribution < 1.29 is 14.3 Å². The predicted molar refractivity (Wildman–Crippen MR) is 166 cm³/mol. The SMILES string of the molecule is CC(C)(C)OC(=O)N1CCC[C@H]1c1ncc(-c2ccc3c(c2)COc2cc4c(ccc5[nH]c([C@@H]6CCCN6)nc54)cc2-3)[nH]1. The monoisotopic (exact) mass is 576 g/mol. The Morgan fingerprint density at radius 1 is 1.02 bits per heavy atom. The van der Waals surface area contributed by atoms with Crippen molar-refractivity contribution in [1.29, 1.82) is 0 Å². The van der Waals surface area contributed by atoms with E-state index in [4.69, 9.17) is 14.5 Å². The van der Waals surface area contributed by atoms with E-state index in [1.165, 1.54) is 12.0 Å². The van der Waals surface area contributed by atoms with Crippen molar-refractivity contribution >= 4 is 27.9 Å². The Labute approximate surface area is 250 Å². The highest BCUT2D eigenvalue weighted by atomic mass is 16.6. The van der Waals surface area contributed by atoms with Crippen LogP contribution >= 0.6 is 0 Å². The van der Waals surface area contributed by atoms with Crippen LogP contribution in [-0.2, 0) is 11.3 Å². The van der Waals surface area contributed by atoms with Gasteiger partial charge >= 0.3 is 6.09 Å². The van der Waals surface area contributed by atoms with Gasteiger partial charge in [0.2, 0.25) is 0 Å². The number of carbonyl (C=O) groups is 1. The van der Waals surface area contributed by atoms with Crippen molar-refractivity contribution in [3.63, 3.8) is 0 Å². The molecule has 0 aliphatic carbocycles. The minimum atomic E-state index is -0.532. The minimum Gasteiger partial charge on any atom is -0.488 e. The third-order valence-corrected chi connectivity index (χ3v) is 8.86. The number of imidazole rings is 2. The molecule has 0 bridgehead atoms. The number of benzene rings is 3. The van der Waals surface area contributed by atoms with Crippen LogP contribution in [0, 0.1) is 0 Å². The molecule has 9 nitrogen and oxygen atoms in total. The van der Waals surface area contributed by atoms with Crippen molar-refractivity contribution in [3.8, 4) is 28.1 Å². The first-order chi connectivity index (χ1) is 20.8. The fourth-order valence-electron chi connectivity index (χ4n) is 6.80. The van der Waals surface area contributed by atoms with Gasteiger partial charge in [-0.25, -0.2) is 14.8 Å². The van der Waals surface area contributed by atoms with Crippen LogP contribution in [0.2, 0.25) is 0 Å². The maximum absolute atomic E-state index is 12.8. The highest BCUT2D eigenvalue weighted by Crippen LogP contribution is 2.43. The van der Waals surface area contributed by atoms with E-state index < -0.39 is 5.60 Å². The van der Waals surface area contributed by atoms with E-state index in [1.807, 2.05) is 27.0 Å². The summed E-state index contributed by atoms with van der Waals surface area (Å²) in [5.41, 5.74) is 6.89. The van der Waals surface area contributed by atoms with E-state index >= 15 is 0 Å². The molecule has 5 heterocycles. The number of hydrogen-bond acceptors (Lipinski definition) is 6. The number of H-pyrrole nitrogens is 2. The van der Waals surface area contributed by atoms with Crippen LogP contribution in [0.4, 0.5) is 4.79 Å². The number of amides is 1. The topological polar surface area (TPSA) is 108 Å². The quantitative estimate of drug-likeness (QED) is 0.210. The van der Waals surface area contributed by atoms with Gasteiger partial charge in [0.15, 0.2) is 0 Å². The first-order valence-electron chi connectivity index (χ1n) is 15.3. The summed E-state index contributed by atoms with van der Waals surface area (Å²) in [4.78, 5) is 31.3. The lowest BCUT2D eigenvalue weighted by atomic mass is 9.92. The second-order valence-corrected chi connectivity index (χ2v) is 13.0. The van der Waals surface area contributed by atoms with Crippen LogP contribution < -0.4 is 10.1 Å². The van der Waals surface area contributed by atoms with E-state index in [9.17, 15) is 4.79 Å². The molecule has 220 valence electrons. The van der Waals surface area contributed by atoms with E-state index in [2.05, 4.69) is 62.7 Å². The Morgan fingerprint density at radius 2 is 1.93 bits per heavy atom. The molecule has 5 aromatic rings. The molecular weight excluding hydrogens is 540 g/mol. The van der Waals surface area contributed by atoms with E-state index in [0.717, 1.165) is 87.4 Å². The summed E-state index contributed by atoms with van der Waals surface area (Å²) in [6, 6.07) is 15.3. The van der Waals surface area contributed by atoms with Crippen LogP contribution in [0.15, 0.2) is 48.7 Å². The first-order valence-corrected chi connectivity index (χ1v) is 15.3. The molecule has 0 spiro atoms. The normalized spacial score (nSPS) is 19.9. The van der Waals surface area contributed by atoms with Gasteiger partial charge in [0.25, 0.3) is 0 Å². The number of aromatic nitrogens is 4. The van der Waals surface area contributed by atoms with Gasteiger partial charge in [-0.1, -0.05) is 18.2 Å². The number of nitrogens with zero attached hydrogens (tertiary/aromatic N) is 3. The average Bonchev–Trinajstić information content (AvgIpc) is 3.80. The summed E-state index contributed by atoms with van der Waals surface area (Å²) in [5.74, 6) is 2.70. The molecule has 0 saturated carbocycles. The molecule has 0 unspecified atom stereocenters. The lowest BCUT2D eigenvalue weighted by Gasteiger charge is -2.27. The fraction of sp³-hybridized carbons (Fsp3) is 0.382. The summed E-state index contributed by atoms with van der Waals surface area (Å²) in [6.07, 6.45) is 5.65. The molecule has 43 heavy (non-hydrogen) atoms. The number of aromatic amines is 2. The molecule has 9 heteroatoms. The first kappa shape index (κ1) is 26.3.